The number of aryl methyl sites for hydroxylation is 1. The summed E-state index contributed by atoms with van der Waals surface area (Å²) in [6.07, 6.45) is 0. The number of hydrogen-bond acceptors (Lipinski definition) is 6. The van der Waals surface area contributed by atoms with E-state index in [1.165, 1.54) is 29.5 Å². The number of carbonyl (C=O) groups is 1. The van der Waals surface area contributed by atoms with Gasteiger partial charge in [0.1, 0.15) is 5.25 Å². The van der Waals surface area contributed by atoms with Crippen molar-refractivity contribution in [2.45, 2.75) is 17.1 Å². The van der Waals surface area contributed by atoms with Gasteiger partial charge in [-0.1, -0.05) is 29.8 Å². The first-order valence-electron chi connectivity index (χ1n) is 8.65. The van der Waals surface area contributed by atoms with Gasteiger partial charge in [0.05, 0.1) is 9.82 Å². The molecule has 0 aliphatic rings. The second-order valence-electron chi connectivity index (χ2n) is 6.38. The van der Waals surface area contributed by atoms with Crippen molar-refractivity contribution in [2.75, 3.05) is 6.54 Å². The Hall–Kier alpha value is -3.04. The molecular weight excluding hydrogens is 412 g/mol. The van der Waals surface area contributed by atoms with E-state index < -0.39 is 25.9 Å². The topological polar surface area (TPSA) is 106 Å². The van der Waals surface area contributed by atoms with Crippen LogP contribution in [0.1, 0.15) is 26.0 Å². The van der Waals surface area contributed by atoms with Gasteiger partial charge in [-0.05, 0) is 36.6 Å². The molecule has 0 saturated heterocycles. The molecule has 1 atom stereocenters. The second-order valence-corrected chi connectivity index (χ2v) is 9.49. The van der Waals surface area contributed by atoms with Gasteiger partial charge in [0.2, 0.25) is 0 Å². The average molecular weight is 431 g/mol. The van der Waals surface area contributed by atoms with E-state index in [1.54, 1.807) is 41.8 Å². The Kier molecular flexibility index (Phi) is 6.09. The van der Waals surface area contributed by atoms with Gasteiger partial charge < -0.3 is 5.32 Å². The van der Waals surface area contributed by atoms with Crippen molar-refractivity contribution in [1.82, 2.24) is 5.32 Å². The molecule has 0 radical (unpaired) electrons. The summed E-state index contributed by atoms with van der Waals surface area (Å²) in [7, 11) is -3.75. The van der Waals surface area contributed by atoms with E-state index in [1.807, 2.05) is 6.92 Å². The first-order valence-corrected chi connectivity index (χ1v) is 11.1. The van der Waals surface area contributed by atoms with Crippen LogP contribution in [0.2, 0.25) is 0 Å². The third-order valence-corrected chi connectivity index (χ3v) is 7.59. The number of non-ortho nitro benzene ring substituents is 1. The van der Waals surface area contributed by atoms with E-state index in [0.29, 0.717) is 4.88 Å². The molecule has 1 amide bonds. The fourth-order valence-electron chi connectivity index (χ4n) is 2.78. The molecular formula is C20H18N2O5S2. The highest BCUT2D eigenvalue weighted by Gasteiger charge is 2.30. The third kappa shape index (κ3) is 4.69. The lowest BCUT2D eigenvalue weighted by atomic mass is 10.2. The fraction of sp³-hybridized carbons (Fsp3) is 0.150. The first-order chi connectivity index (χ1) is 13.8. The molecule has 0 aliphatic heterocycles. The van der Waals surface area contributed by atoms with Crippen LogP contribution in [0.25, 0.3) is 0 Å². The van der Waals surface area contributed by atoms with Crippen molar-refractivity contribution in [1.29, 1.82) is 0 Å². The van der Waals surface area contributed by atoms with Crippen LogP contribution in [0, 0.1) is 17.0 Å². The molecule has 7 nitrogen and oxygen atoms in total. The summed E-state index contributed by atoms with van der Waals surface area (Å²) in [5.41, 5.74) is 0.826. The van der Waals surface area contributed by atoms with Crippen LogP contribution in [-0.4, -0.2) is 25.8 Å². The Labute approximate surface area is 172 Å². The van der Waals surface area contributed by atoms with Gasteiger partial charge in [-0.3, -0.25) is 14.9 Å². The van der Waals surface area contributed by atoms with Crippen molar-refractivity contribution >= 4 is 32.8 Å². The van der Waals surface area contributed by atoms with Gasteiger partial charge in [0, 0.05) is 29.1 Å². The molecule has 0 spiro atoms. The normalized spacial score (nSPS) is 12.3. The molecule has 0 unspecified atom stereocenters. The van der Waals surface area contributed by atoms with Gasteiger partial charge in [-0.25, -0.2) is 8.42 Å². The van der Waals surface area contributed by atoms with Crippen LogP contribution in [0.4, 0.5) is 5.69 Å². The zero-order chi connectivity index (χ0) is 21.0. The number of nitro benzene ring substituents is 1. The van der Waals surface area contributed by atoms with Crippen LogP contribution in [0.3, 0.4) is 0 Å². The van der Waals surface area contributed by atoms with Crippen LogP contribution in [-0.2, 0) is 9.84 Å². The standard InChI is InChI=1S/C20H18N2O5S2/c1-14-7-9-17(10-8-14)29(26,27)19(18-6-3-11-28-18)13-21-20(23)15-4-2-5-16(12-15)22(24)25/h2-12,19H,13H2,1H3,(H,21,23)/t19-/m1/s1. The molecule has 1 N–H and O–H groups in total. The van der Waals surface area contributed by atoms with Gasteiger partial charge in [0.25, 0.3) is 11.6 Å². The smallest absolute Gasteiger partial charge is 0.270 e. The Morgan fingerprint density at radius 1 is 1.14 bits per heavy atom. The lowest BCUT2D eigenvalue weighted by molar-refractivity contribution is -0.384. The van der Waals surface area contributed by atoms with Crippen LogP contribution in [0.5, 0.6) is 0 Å². The van der Waals surface area contributed by atoms with Crippen molar-refractivity contribution in [2.24, 2.45) is 0 Å². The van der Waals surface area contributed by atoms with Crippen molar-refractivity contribution in [3.05, 3.63) is 92.2 Å². The molecule has 1 heterocycles. The number of nitrogens with zero attached hydrogens (tertiary/aromatic N) is 1. The Morgan fingerprint density at radius 2 is 1.86 bits per heavy atom. The molecule has 150 valence electrons. The molecule has 0 aliphatic carbocycles. The second kappa shape index (κ2) is 8.54. The Bertz CT molecular complexity index is 1120. The highest BCUT2D eigenvalue weighted by atomic mass is 32.2. The molecule has 9 heteroatoms. The van der Waals surface area contributed by atoms with Gasteiger partial charge in [0.15, 0.2) is 9.84 Å². The minimum Gasteiger partial charge on any atom is -0.350 e. The number of amides is 1. The highest BCUT2D eigenvalue weighted by molar-refractivity contribution is 7.91. The number of benzene rings is 2. The van der Waals surface area contributed by atoms with E-state index in [9.17, 15) is 23.3 Å². The monoisotopic (exact) mass is 430 g/mol. The Balaban J connectivity index is 1.86. The van der Waals surface area contributed by atoms with Gasteiger partial charge in [-0.15, -0.1) is 11.3 Å². The molecule has 0 saturated carbocycles. The minimum absolute atomic E-state index is 0.0943. The zero-order valence-electron chi connectivity index (χ0n) is 15.4. The lowest BCUT2D eigenvalue weighted by Gasteiger charge is -2.17. The van der Waals surface area contributed by atoms with E-state index in [2.05, 4.69) is 5.32 Å². The molecule has 29 heavy (non-hydrogen) atoms. The summed E-state index contributed by atoms with van der Waals surface area (Å²) in [6, 6.07) is 15.3. The van der Waals surface area contributed by atoms with Gasteiger partial charge >= 0.3 is 0 Å². The largest absolute Gasteiger partial charge is 0.350 e. The number of carbonyl (C=O) groups excluding carboxylic acids is 1. The molecule has 1 aromatic heterocycles. The van der Waals surface area contributed by atoms with E-state index >= 15 is 0 Å². The fourth-order valence-corrected chi connectivity index (χ4v) is 5.56. The van der Waals surface area contributed by atoms with E-state index in [4.69, 9.17) is 0 Å². The maximum atomic E-state index is 13.2. The minimum atomic E-state index is -3.75. The summed E-state index contributed by atoms with van der Waals surface area (Å²) in [6.45, 7) is 1.71. The lowest BCUT2D eigenvalue weighted by Crippen LogP contribution is -2.31. The van der Waals surface area contributed by atoms with E-state index in [0.717, 1.165) is 11.6 Å². The highest BCUT2D eigenvalue weighted by Crippen LogP contribution is 2.31. The number of thiophene rings is 1. The maximum absolute atomic E-state index is 13.2. The maximum Gasteiger partial charge on any atom is 0.270 e. The summed E-state index contributed by atoms with van der Waals surface area (Å²) >= 11 is 1.29. The predicted octanol–water partition coefficient (Wildman–Crippen LogP) is 3.91. The molecule has 2 aromatic carbocycles. The molecule has 3 aromatic rings. The van der Waals surface area contributed by atoms with Gasteiger partial charge in [-0.2, -0.15) is 0 Å². The summed E-state index contributed by atoms with van der Waals surface area (Å²) in [5, 5.41) is 14.3. The quantitative estimate of drug-likeness (QED) is 0.452. The average Bonchev–Trinajstić information content (AvgIpc) is 3.22. The molecule has 0 fully saturated rings. The van der Waals surface area contributed by atoms with Crippen molar-refractivity contribution < 1.29 is 18.1 Å². The summed E-state index contributed by atoms with van der Waals surface area (Å²) in [4.78, 5) is 23.6. The van der Waals surface area contributed by atoms with Crippen molar-refractivity contribution in [3.63, 3.8) is 0 Å². The summed E-state index contributed by atoms with van der Waals surface area (Å²) in [5.74, 6) is -0.575. The number of nitrogens with one attached hydrogen (secondary N) is 1. The molecule has 3 rings (SSSR count). The SMILES string of the molecule is Cc1ccc(S(=O)(=O)[C@H](CNC(=O)c2cccc([N+](=O)[O-])c2)c2cccs2)cc1. The number of rotatable bonds is 7. The third-order valence-electron chi connectivity index (χ3n) is 4.35. The van der Waals surface area contributed by atoms with Crippen molar-refractivity contribution in [3.8, 4) is 0 Å². The van der Waals surface area contributed by atoms with Crippen LogP contribution in [0.15, 0.2) is 70.9 Å². The van der Waals surface area contributed by atoms with Crippen LogP contribution < -0.4 is 5.32 Å². The van der Waals surface area contributed by atoms with E-state index in [-0.39, 0.29) is 22.7 Å². The summed E-state index contributed by atoms with van der Waals surface area (Å²) < 4.78 is 26.4. The predicted molar refractivity (Wildman–Crippen MR) is 111 cm³/mol. The number of sulfone groups is 1. The number of nitro groups is 1. The Morgan fingerprint density at radius 3 is 2.48 bits per heavy atom. The zero-order valence-corrected chi connectivity index (χ0v) is 17.1. The van der Waals surface area contributed by atoms with Crippen LogP contribution >= 0.6 is 11.3 Å². The first kappa shape index (κ1) is 20.7. The number of hydrogen-bond donors (Lipinski definition) is 1. The molecule has 0 bridgehead atoms.